The lowest BCUT2D eigenvalue weighted by molar-refractivity contribution is -0.116. The van der Waals surface area contributed by atoms with Crippen LogP contribution in [0.15, 0.2) is 24.8 Å². The predicted molar refractivity (Wildman–Crippen MR) is 42.6 cm³/mol. The van der Waals surface area contributed by atoms with E-state index in [1.165, 1.54) is 6.08 Å². The fourth-order valence-electron chi connectivity index (χ4n) is 0.482. The lowest BCUT2D eigenvalue weighted by Crippen LogP contribution is -2.20. The molecule has 0 heterocycles. The van der Waals surface area contributed by atoms with Gasteiger partial charge in [-0.3, -0.25) is 4.79 Å². The molecule has 0 saturated heterocycles. The molecule has 0 rings (SSSR count). The van der Waals surface area contributed by atoms with Crippen molar-refractivity contribution in [3.63, 3.8) is 0 Å². The Morgan fingerprint density at radius 2 is 2.30 bits per heavy atom. The third-order valence-corrected chi connectivity index (χ3v) is 0.982. The van der Waals surface area contributed by atoms with E-state index in [2.05, 4.69) is 11.9 Å². The highest BCUT2D eigenvalue weighted by Gasteiger charge is 1.86. The summed E-state index contributed by atoms with van der Waals surface area (Å²) in [6, 6.07) is 0. The number of nitrogens with one attached hydrogen (secondary N) is 1. The number of rotatable bonds is 4. The second-order valence-electron chi connectivity index (χ2n) is 1.83. The Labute approximate surface area is 61.6 Å². The highest BCUT2D eigenvalue weighted by Crippen LogP contribution is 1.77. The summed E-state index contributed by atoms with van der Waals surface area (Å²) >= 11 is 0. The maximum atomic E-state index is 10.5. The molecular formula is C8H13NO. The highest BCUT2D eigenvalue weighted by molar-refractivity contribution is 5.86. The number of hydrogen-bond acceptors (Lipinski definition) is 1. The predicted octanol–water partition coefficient (Wildman–Crippen LogP) is 1.25. The molecule has 0 fully saturated rings. The molecule has 1 N–H and O–H groups in total. The van der Waals surface area contributed by atoms with Crippen LogP contribution in [0.4, 0.5) is 0 Å². The average Bonchev–Trinajstić information content (AvgIpc) is 1.98. The van der Waals surface area contributed by atoms with Gasteiger partial charge in [0.05, 0.1) is 0 Å². The Balaban J connectivity index is 3.27. The maximum Gasteiger partial charge on any atom is 0.243 e. The maximum absolute atomic E-state index is 10.5. The first-order chi connectivity index (χ1) is 4.81. The third kappa shape index (κ3) is 5.09. The van der Waals surface area contributed by atoms with Crippen LogP contribution in [-0.2, 0) is 4.79 Å². The Hall–Kier alpha value is -1.05. The summed E-state index contributed by atoms with van der Waals surface area (Å²) in [5.74, 6) is -0.124. The van der Waals surface area contributed by atoms with Gasteiger partial charge in [-0.15, -0.1) is 0 Å². The molecular weight excluding hydrogens is 126 g/mol. The molecule has 0 bridgehead atoms. The highest BCUT2D eigenvalue weighted by atomic mass is 16.1. The van der Waals surface area contributed by atoms with E-state index in [0.29, 0.717) is 6.54 Å². The minimum Gasteiger partial charge on any atom is -0.349 e. The normalized spacial score (nSPS) is 9.70. The number of carbonyl (C=O) groups is 1. The number of allylic oxidation sites excluding steroid dienone is 1. The first kappa shape index (κ1) is 8.95. The average molecular weight is 139 g/mol. The van der Waals surface area contributed by atoms with Crippen LogP contribution in [0.3, 0.4) is 0 Å². The van der Waals surface area contributed by atoms with Crippen molar-refractivity contribution in [1.29, 1.82) is 0 Å². The van der Waals surface area contributed by atoms with Crippen molar-refractivity contribution in [3.05, 3.63) is 24.8 Å². The molecule has 0 aliphatic rings. The van der Waals surface area contributed by atoms with E-state index in [0.717, 1.165) is 6.42 Å². The summed E-state index contributed by atoms with van der Waals surface area (Å²) in [5, 5.41) is 2.62. The van der Waals surface area contributed by atoms with Gasteiger partial charge in [-0.05, 0) is 12.5 Å². The van der Waals surface area contributed by atoms with Gasteiger partial charge >= 0.3 is 0 Å². The van der Waals surface area contributed by atoms with Crippen LogP contribution in [0.5, 0.6) is 0 Å². The van der Waals surface area contributed by atoms with Gasteiger partial charge in [-0.2, -0.15) is 0 Å². The van der Waals surface area contributed by atoms with Gasteiger partial charge in [0.15, 0.2) is 0 Å². The van der Waals surface area contributed by atoms with Crippen molar-refractivity contribution in [3.8, 4) is 0 Å². The van der Waals surface area contributed by atoms with Crippen molar-refractivity contribution in [2.24, 2.45) is 0 Å². The molecule has 0 aliphatic heterocycles. The molecule has 0 aromatic carbocycles. The number of amides is 1. The van der Waals surface area contributed by atoms with Gasteiger partial charge in [-0.1, -0.05) is 25.7 Å². The topological polar surface area (TPSA) is 29.1 Å². The summed E-state index contributed by atoms with van der Waals surface area (Å²) in [5.41, 5.74) is 0. The summed E-state index contributed by atoms with van der Waals surface area (Å²) in [6.07, 6.45) is 6.19. The number of hydrogen-bond donors (Lipinski definition) is 1. The van der Waals surface area contributed by atoms with E-state index in [1.54, 1.807) is 0 Å². The molecule has 0 aliphatic carbocycles. The van der Waals surface area contributed by atoms with Gasteiger partial charge in [0.2, 0.25) is 5.91 Å². The zero-order chi connectivity index (χ0) is 7.82. The van der Waals surface area contributed by atoms with Crippen molar-refractivity contribution in [2.75, 3.05) is 6.54 Å². The first-order valence-electron chi connectivity index (χ1n) is 3.36. The van der Waals surface area contributed by atoms with Crippen molar-refractivity contribution < 1.29 is 4.79 Å². The minimum atomic E-state index is -0.124. The Morgan fingerprint density at radius 3 is 2.80 bits per heavy atom. The van der Waals surface area contributed by atoms with Crippen LogP contribution in [-0.4, -0.2) is 12.5 Å². The van der Waals surface area contributed by atoms with Crippen molar-refractivity contribution in [1.82, 2.24) is 5.32 Å². The van der Waals surface area contributed by atoms with E-state index >= 15 is 0 Å². The number of carbonyl (C=O) groups excluding carboxylic acids is 1. The molecule has 0 saturated carbocycles. The molecule has 10 heavy (non-hydrogen) atoms. The summed E-state index contributed by atoms with van der Waals surface area (Å²) in [6.45, 7) is 5.97. The van der Waals surface area contributed by atoms with Gasteiger partial charge in [-0.25, -0.2) is 0 Å². The molecule has 56 valence electrons. The molecule has 0 spiro atoms. The fourth-order valence-corrected chi connectivity index (χ4v) is 0.482. The summed E-state index contributed by atoms with van der Waals surface area (Å²) in [4.78, 5) is 10.5. The molecule has 2 heteroatoms. The third-order valence-electron chi connectivity index (χ3n) is 0.982. The second-order valence-corrected chi connectivity index (χ2v) is 1.83. The molecule has 2 nitrogen and oxygen atoms in total. The van der Waals surface area contributed by atoms with E-state index in [1.807, 2.05) is 19.1 Å². The van der Waals surface area contributed by atoms with Crippen LogP contribution in [0.1, 0.15) is 13.3 Å². The minimum absolute atomic E-state index is 0.124. The zero-order valence-electron chi connectivity index (χ0n) is 6.26. The molecule has 0 radical (unpaired) electrons. The Kier molecular flexibility index (Phi) is 5.44. The second kappa shape index (κ2) is 6.08. The van der Waals surface area contributed by atoms with Gasteiger partial charge in [0.25, 0.3) is 0 Å². The lowest BCUT2D eigenvalue weighted by Gasteiger charge is -1.93. The van der Waals surface area contributed by atoms with Gasteiger partial charge in [0.1, 0.15) is 0 Å². The monoisotopic (exact) mass is 139 g/mol. The Bertz CT molecular complexity index is 138. The molecule has 0 aromatic rings. The standard InChI is InChI=1S/C8H13NO/c1-3-5-6-7-9-8(10)4-2/h4-6H,2-3,7H2,1H3,(H,9,10). The van der Waals surface area contributed by atoms with E-state index in [9.17, 15) is 4.79 Å². The first-order valence-corrected chi connectivity index (χ1v) is 3.36. The Morgan fingerprint density at radius 1 is 1.60 bits per heavy atom. The van der Waals surface area contributed by atoms with E-state index < -0.39 is 0 Å². The van der Waals surface area contributed by atoms with E-state index in [4.69, 9.17) is 0 Å². The molecule has 0 unspecified atom stereocenters. The quantitative estimate of drug-likeness (QED) is 0.461. The van der Waals surface area contributed by atoms with Crippen LogP contribution < -0.4 is 5.32 Å². The molecule has 0 aromatic heterocycles. The lowest BCUT2D eigenvalue weighted by atomic mass is 10.4. The summed E-state index contributed by atoms with van der Waals surface area (Å²) < 4.78 is 0. The van der Waals surface area contributed by atoms with Crippen molar-refractivity contribution in [2.45, 2.75) is 13.3 Å². The van der Waals surface area contributed by atoms with Crippen LogP contribution in [0.25, 0.3) is 0 Å². The van der Waals surface area contributed by atoms with Gasteiger partial charge < -0.3 is 5.32 Å². The largest absolute Gasteiger partial charge is 0.349 e. The van der Waals surface area contributed by atoms with E-state index in [-0.39, 0.29) is 5.91 Å². The molecule has 0 atom stereocenters. The van der Waals surface area contributed by atoms with Crippen LogP contribution in [0, 0.1) is 0 Å². The SMILES string of the molecule is C=CC(=O)NCC=CCC. The van der Waals surface area contributed by atoms with Crippen molar-refractivity contribution >= 4 is 5.91 Å². The summed E-state index contributed by atoms with van der Waals surface area (Å²) in [7, 11) is 0. The zero-order valence-corrected chi connectivity index (χ0v) is 6.26. The van der Waals surface area contributed by atoms with Crippen LogP contribution in [0.2, 0.25) is 0 Å². The molecule has 1 amide bonds. The smallest absolute Gasteiger partial charge is 0.243 e. The fraction of sp³-hybridized carbons (Fsp3) is 0.375. The van der Waals surface area contributed by atoms with Gasteiger partial charge in [0, 0.05) is 6.54 Å². The van der Waals surface area contributed by atoms with Crippen LogP contribution >= 0.6 is 0 Å².